The lowest BCUT2D eigenvalue weighted by Gasteiger charge is -2.26. The molecule has 0 saturated heterocycles. The van der Waals surface area contributed by atoms with Gasteiger partial charge in [0.2, 0.25) is 5.76 Å². The van der Waals surface area contributed by atoms with Crippen LogP contribution in [0.5, 0.6) is 11.5 Å². The molecule has 0 aliphatic carbocycles. The zero-order valence-electron chi connectivity index (χ0n) is 22.5. The van der Waals surface area contributed by atoms with Gasteiger partial charge < -0.3 is 13.9 Å². The molecule has 0 fully saturated rings. The molecule has 1 atom stereocenters. The number of ether oxygens (including phenoxy) is 2. The van der Waals surface area contributed by atoms with E-state index in [2.05, 4.69) is 29.8 Å². The molecule has 5 rings (SSSR count). The highest BCUT2D eigenvalue weighted by Gasteiger charge is 2.44. The lowest BCUT2D eigenvalue weighted by atomic mass is 9.97. The number of aryl methyl sites for hydroxylation is 1. The highest BCUT2D eigenvalue weighted by atomic mass is 79.9. The molecule has 0 bridgehead atoms. The predicted molar refractivity (Wildman–Crippen MR) is 157 cm³/mol. The minimum absolute atomic E-state index is 0.0669. The Morgan fingerprint density at radius 3 is 2.41 bits per heavy atom. The van der Waals surface area contributed by atoms with E-state index in [0.29, 0.717) is 46.9 Å². The number of carbonyl (C=O) groups excluding carboxylic acids is 1. The van der Waals surface area contributed by atoms with Gasteiger partial charge in [-0.3, -0.25) is 14.5 Å². The van der Waals surface area contributed by atoms with Crippen LogP contribution in [0.4, 0.5) is 5.69 Å². The van der Waals surface area contributed by atoms with Gasteiger partial charge in [-0.25, -0.2) is 0 Å². The van der Waals surface area contributed by atoms with Gasteiger partial charge in [0.1, 0.15) is 5.58 Å². The number of benzene rings is 3. The zero-order chi connectivity index (χ0) is 27.5. The topological polar surface area (TPSA) is 69.0 Å². The molecular weight excluding hydrogens is 558 g/mol. The molecule has 1 aliphatic rings. The van der Waals surface area contributed by atoms with Gasteiger partial charge in [-0.1, -0.05) is 60.8 Å². The van der Waals surface area contributed by atoms with E-state index in [-0.39, 0.29) is 17.1 Å². The van der Waals surface area contributed by atoms with E-state index in [1.54, 1.807) is 23.1 Å². The second-order valence-corrected chi connectivity index (χ2v) is 10.5. The summed E-state index contributed by atoms with van der Waals surface area (Å²) in [4.78, 5) is 29.5. The van der Waals surface area contributed by atoms with Crippen LogP contribution < -0.4 is 19.8 Å². The van der Waals surface area contributed by atoms with Crippen molar-refractivity contribution >= 4 is 38.5 Å². The first-order chi connectivity index (χ1) is 19.0. The lowest BCUT2D eigenvalue weighted by Crippen LogP contribution is -2.29. The number of nitrogens with zero attached hydrogens (tertiary/aromatic N) is 1. The van der Waals surface area contributed by atoms with Gasteiger partial charge in [-0.2, -0.15) is 0 Å². The maximum absolute atomic E-state index is 13.9. The van der Waals surface area contributed by atoms with Gasteiger partial charge >= 0.3 is 0 Å². The predicted octanol–water partition coefficient (Wildman–Crippen LogP) is 7.84. The fourth-order valence-corrected chi connectivity index (χ4v) is 5.40. The maximum atomic E-state index is 13.9. The molecule has 39 heavy (non-hydrogen) atoms. The van der Waals surface area contributed by atoms with Gasteiger partial charge in [-0.15, -0.1) is 0 Å². The summed E-state index contributed by atoms with van der Waals surface area (Å²) < 4.78 is 18.9. The Balaban J connectivity index is 1.67. The van der Waals surface area contributed by atoms with Gasteiger partial charge in [0.15, 0.2) is 16.9 Å². The van der Waals surface area contributed by atoms with Gasteiger partial charge in [-0.05, 0) is 73.4 Å². The van der Waals surface area contributed by atoms with E-state index in [4.69, 9.17) is 13.9 Å². The molecule has 6 nitrogen and oxygen atoms in total. The number of halogens is 1. The fourth-order valence-electron chi connectivity index (χ4n) is 5.04. The summed E-state index contributed by atoms with van der Waals surface area (Å²) in [5.74, 6) is 0.951. The average Bonchev–Trinajstić information content (AvgIpc) is 3.24. The smallest absolute Gasteiger partial charge is 0.295 e. The number of hydrogen-bond acceptors (Lipinski definition) is 5. The molecule has 0 spiro atoms. The number of amides is 1. The Morgan fingerprint density at radius 2 is 1.69 bits per heavy atom. The summed E-state index contributed by atoms with van der Waals surface area (Å²) in [6, 6.07) is 18.1. The van der Waals surface area contributed by atoms with Crippen molar-refractivity contribution in [3.05, 3.63) is 97.8 Å². The standard InChI is InChI=1S/C32H32BrNO5/c1-4-7-8-17-38-26-15-11-21(18-27(26)37-6-3)29-28-30(35)24-19-22(33)12-16-25(24)39-31(28)32(36)34(29)23-13-9-20(5-2)10-14-23/h9-16,18-19,29H,4-8,17H2,1-3H3. The summed E-state index contributed by atoms with van der Waals surface area (Å²) in [6.07, 6.45) is 4.04. The van der Waals surface area contributed by atoms with Crippen molar-refractivity contribution in [2.45, 2.75) is 52.5 Å². The van der Waals surface area contributed by atoms with Gasteiger partial charge in [0.05, 0.1) is 30.2 Å². The van der Waals surface area contributed by atoms with Crippen molar-refractivity contribution in [3.8, 4) is 11.5 Å². The van der Waals surface area contributed by atoms with E-state index >= 15 is 0 Å². The molecule has 1 amide bonds. The number of fused-ring (bicyclic) bond motifs is 2. The molecule has 7 heteroatoms. The first kappa shape index (κ1) is 27.0. The first-order valence-electron chi connectivity index (χ1n) is 13.5. The van der Waals surface area contributed by atoms with Crippen LogP contribution in [0.1, 0.15) is 73.3 Å². The second kappa shape index (κ2) is 11.7. The molecule has 1 aromatic heterocycles. The number of rotatable bonds is 10. The Labute approximate surface area is 236 Å². The molecule has 1 unspecified atom stereocenters. The maximum Gasteiger partial charge on any atom is 0.295 e. The van der Waals surface area contributed by atoms with Crippen molar-refractivity contribution in [2.24, 2.45) is 0 Å². The second-order valence-electron chi connectivity index (χ2n) is 9.61. The van der Waals surface area contributed by atoms with E-state index in [1.165, 1.54) is 0 Å². The van der Waals surface area contributed by atoms with Crippen molar-refractivity contribution < 1.29 is 18.7 Å². The van der Waals surface area contributed by atoms with Crippen LogP contribution in [0.3, 0.4) is 0 Å². The fraction of sp³-hybridized carbons (Fsp3) is 0.312. The van der Waals surface area contributed by atoms with Crippen molar-refractivity contribution in [3.63, 3.8) is 0 Å². The average molecular weight is 591 g/mol. The summed E-state index contributed by atoms with van der Waals surface area (Å²) in [7, 11) is 0. The molecule has 202 valence electrons. The summed E-state index contributed by atoms with van der Waals surface area (Å²) in [5.41, 5.74) is 3.07. The van der Waals surface area contributed by atoms with Crippen molar-refractivity contribution in [1.82, 2.24) is 0 Å². The van der Waals surface area contributed by atoms with Gasteiger partial charge in [0, 0.05) is 10.2 Å². The number of anilines is 1. The molecule has 3 aromatic carbocycles. The summed E-state index contributed by atoms with van der Waals surface area (Å²) in [6.45, 7) is 7.21. The van der Waals surface area contributed by atoms with Crippen LogP contribution in [-0.2, 0) is 6.42 Å². The third-order valence-electron chi connectivity index (χ3n) is 7.04. The minimum atomic E-state index is -0.687. The van der Waals surface area contributed by atoms with E-state index in [1.807, 2.05) is 49.4 Å². The van der Waals surface area contributed by atoms with Crippen LogP contribution in [-0.4, -0.2) is 19.1 Å². The monoisotopic (exact) mass is 589 g/mol. The molecule has 0 N–H and O–H groups in total. The van der Waals surface area contributed by atoms with Crippen molar-refractivity contribution in [1.29, 1.82) is 0 Å². The first-order valence-corrected chi connectivity index (χ1v) is 14.3. The highest BCUT2D eigenvalue weighted by Crippen LogP contribution is 2.43. The Morgan fingerprint density at radius 1 is 0.897 bits per heavy atom. The van der Waals surface area contributed by atoms with Gasteiger partial charge in [0.25, 0.3) is 5.91 Å². The molecule has 0 saturated carbocycles. The third kappa shape index (κ3) is 5.20. The van der Waals surface area contributed by atoms with Crippen LogP contribution in [0, 0.1) is 0 Å². The summed E-state index contributed by atoms with van der Waals surface area (Å²) >= 11 is 3.46. The highest BCUT2D eigenvalue weighted by molar-refractivity contribution is 9.10. The Kier molecular flexibility index (Phi) is 8.07. The molecule has 2 heterocycles. The minimum Gasteiger partial charge on any atom is -0.490 e. The normalized spacial score (nSPS) is 14.6. The van der Waals surface area contributed by atoms with E-state index in [0.717, 1.165) is 41.3 Å². The molecule has 4 aromatic rings. The summed E-state index contributed by atoms with van der Waals surface area (Å²) in [5, 5.41) is 0.421. The van der Waals surface area contributed by atoms with E-state index in [9.17, 15) is 9.59 Å². The number of carbonyl (C=O) groups is 1. The van der Waals surface area contributed by atoms with Crippen LogP contribution in [0.25, 0.3) is 11.0 Å². The third-order valence-corrected chi connectivity index (χ3v) is 7.54. The quantitative estimate of drug-likeness (QED) is 0.176. The number of unbranched alkanes of at least 4 members (excludes halogenated alkanes) is 2. The van der Waals surface area contributed by atoms with Crippen LogP contribution in [0.2, 0.25) is 0 Å². The molecule has 0 radical (unpaired) electrons. The number of hydrogen-bond donors (Lipinski definition) is 0. The Hall–Kier alpha value is -3.58. The Bertz CT molecular complexity index is 1560. The zero-order valence-corrected chi connectivity index (χ0v) is 24.0. The van der Waals surface area contributed by atoms with E-state index < -0.39 is 6.04 Å². The lowest BCUT2D eigenvalue weighted by molar-refractivity contribution is 0.0971. The van der Waals surface area contributed by atoms with Crippen molar-refractivity contribution in [2.75, 3.05) is 18.1 Å². The SMILES string of the molecule is CCCCCOc1ccc(C2c3c(oc4ccc(Br)cc4c3=O)C(=O)N2c2ccc(CC)cc2)cc1OCC. The van der Waals surface area contributed by atoms with Crippen LogP contribution >= 0.6 is 15.9 Å². The van der Waals surface area contributed by atoms with Crippen LogP contribution in [0.15, 0.2) is 74.3 Å². The largest absolute Gasteiger partial charge is 0.490 e. The molecule has 1 aliphatic heterocycles. The molecular formula is C32H32BrNO5.